The lowest BCUT2D eigenvalue weighted by atomic mass is 10.0. The van der Waals surface area contributed by atoms with Crippen molar-refractivity contribution in [3.8, 4) is 0 Å². The van der Waals surface area contributed by atoms with Gasteiger partial charge in [0.25, 0.3) is 0 Å². The minimum absolute atomic E-state index is 0.676. The van der Waals surface area contributed by atoms with Crippen LogP contribution in [-0.2, 0) is 6.54 Å². The van der Waals surface area contributed by atoms with Gasteiger partial charge >= 0.3 is 0 Å². The normalized spacial score (nSPS) is 22.9. The molecule has 16 heavy (non-hydrogen) atoms. The molecule has 0 spiro atoms. The van der Waals surface area contributed by atoms with Crippen LogP contribution in [0.15, 0.2) is 15.9 Å². The monoisotopic (exact) mass is 302 g/mol. The van der Waals surface area contributed by atoms with E-state index in [-0.39, 0.29) is 0 Å². The second-order valence-electron chi connectivity index (χ2n) is 4.69. The summed E-state index contributed by atoms with van der Waals surface area (Å²) in [6, 6.07) is 5.05. The molecule has 0 saturated carbocycles. The molecule has 0 bridgehead atoms. The van der Waals surface area contributed by atoms with Gasteiger partial charge in [-0.3, -0.25) is 4.90 Å². The third-order valence-electron chi connectivity index (χ3n) is 3.16. The van der Waals surface area contributed by atoms with E-state index in [1.807, 2.05) is 11.3 Å². The van der Waals surface area contributed by atoms with Gasteiger partial charge in [-0.05, 0) is 34.0 Å². The van der Waals surface area contributed by atoms with Gasteiger partial charge in [0.1, 0.15) is 0 Å². The molecule has 1 unspecified atom stereocenters. The Hall–Kier alpha value is 0.1000. The zero-order valence-electron chi connectivity index (χ0n) is 9.87. The van der Waals surface area contributed by atoms with Crippen LogP contribution in [0.25, 0.3) is 0 Å². The molecule has 90 valence electrons. The first-order chi connectivity index (χ1) is 7.66. The molecule has 0 aliphatic carbocycles. The van der Waals surface area contributed by atoms with Crippen LogP contribution in [0, 0.1) is 5.92 Å². The smallest absolute Gasteiger partial charge is 0.0701 e. The Labute approximate surface area is 110 Å². The van der Waals surface area contributed by atoms with Crippen molar-refractivity contribution in [3.63, 3.8) is 0 Å². The van der Waals surface area contributed by atoms with E-state index in [1.54, 1.807) is 0 Å². The number of nitrogens with one attached hydrogen (secondary N) is 1. The highest BCUT2D eigenvalue weighted by atomic mass is 79.9. The summed E-state index contributed by atoms with van der Waals surface area (Å²) in [5.74, 6) is 0.719. The van der Waals surface area contributed by atoms with Gasteiger partial charge in [0.15, 0.2) is 0 Å². The first-order valence-electron chi connectivity index (χ1n) is 5.86. The lowest BCUT2D eigenvalue weighted by molar-refractivity contribution is 0.118. The van der Waals surface area contributed by atoms with Crippen LogP contribution in [0.1, 0.15) is 18.7 Å². The largest absolute Gasteiger partial charge is 0.314 e. The number of thiophene rings is 1. The van der Waals surface area contributed by atoms with Gasteiger partial charge in [-0.2, -0.15) is 0 Å². The molecule has 1 aliphatic rings. The molecule has 1 atom stereocenters. The number of hydrogen-bond donors (Lipinski definition) is 1. The fourth-order valence-corrected chi connectivity index (χ4v) is 3.77. The van der Waals surface area contributed by atoms with Crippen molar-refractivity contribution in [2.24, 2.45) is 5.92 Å². The maximum absolute atomic E-state index is 3.53. The molecule has 1 saturated heterocycles. The average Bonchev–Trinajstić information content (AvgIpc) is 2.64. The number of halogens is 1. The van der Waals surface area contributed by atoms with E-state index >= 15 is 0 Å². The molecule has 1 aromatic heterocycles. The second kappa shape index (κ2) is 5.63. The van der Waals surface area contributed by atoms with Crippen molar-refractivity contribution >= 4 is 27.3 Å². The summed E-state index contributed by atoms with van der Waals surface area (Å²) >= 11 is 5.38. The summed E-state index contributed by atoms with van der Waals surface area (Å²) in [6.07, 6.45) is 0. The zero-order valence-corrected chi connectivity index (χ0v) is 12.3. The first kappa shape index (κ1) is 12.6. The van der Waals surface area contributed by atoms with E-state index in [4.69, 9.17) is 0 Å². The standard InChI is InChI=1S/C12H19BrN2S/c1-9(2)11-7-14-5-6-15(11)8-10-3-4-12(13)16-10/h3-4,9,11,14H,5-8H2,1-2H3. The van der Waals surface area contributed by atoms with E-state index in [0.29, 0.717) is 6.04 Å². The quantitative estimate of drug-likeness (QED) is 0.923. The van der Waals surface area contributed by atoms with Gasteiger partial charge in [-0.1, -0.05) is 13.8 Å². The number of hydrogen-bond acceptors (Lipinski definition) is 3. The fourth-order valence-electron chi connectivity index (χ4n) is 2.26. The van der Waals surface area contributed by atoms with Crippen molar-refractivity contribution in [2.45, 2.75) is 26.4 Å². The van der Waals surface area contributed by atoms with E-state index in [1.165, 1.54) is 15.2 Å². The van der Waals surface area contributed by atoms with Crippen molar-refractivity contribution in [1.29, 1.82) is 0 Å². The Kier molecular flexibility index (Phi) is 4.41. The molecule has 2 nitrogen and oxygen atoms in total. The number of rotatable bonds is 3. The molecule has 0 aromatic carbocycles. The molecule has 2 rings (SSSR count). The Bertz CT molecular complexity index is 338. The van der Waals surface area contributed by atoms with E-state index < -0.39 is 0 Å². The van der Waals surface area contributed by atoms with Crippen LogP contribution in [-0.4, -0.2) is 30.6 Å². The lowest BCUT2D eigenvalue weighted by Gasteiger charge is -2.38. The van der Waals surface area contributed by atoms with Gasteiger partial charge in [0.05, 0.1) is 3.79 Å². The molecule has 1 aromatic rings. The Morgan fingerprint density at radius 3 is 3.00 bits per heavy atom. The van der Waals surface area contributed by atoms with Crippen LogP contribution in [0.3, 0.4) is 0 Å². The van der Waals surface area contributed by atoms with Gasteiger partial charge in [-0.15, -0.1) is 11.3 Å². The summed E-state index contributed by atoms with van der Waals surface area (Å²) < 4.78 is 1.23. The minimum atomic E-state index is 0.676. The summed E-state index contributed by atoms with van der Waals surface area (Å²) in [5.41, 5.74) is 0. The topological polar surface area (TPSA) is 15.3 Å². The summed E-state index contributed by atoms with van der Waals surface area (Å²) in [6.45, 7) is 9.14. The first-order valence-corrected chi connectivity index (χ1v) is 7.47. The molecule has 1 fully saturated rings. The third kappa shape index (κ3) is 3.06. The van der Waals surface area contributed by atoms with Crippen LogP contribution in [0.5, 0.6) is 0 Å². The molecule has 2 heterocycles. The molecule has 1 aliphatic heterocycles. The second-order valence-corrected chi connectivity index (χ2v) is 7.24. The molecule has 0 amide bonds. The lowest BCUT2D eigenvalue weighted by Crippen LogP contribution is -2.52. The van der Waals surface area contributed by atoms with E-state index in [9.17, 15) is 0 Å². The predicted octanol–water partition coefficient (Wildman–Crippen LogP) is 2.94. The Morgan fingerprint density at radius 1 is 1.56 bits per heavy atom. The van der Waals surface area contributed by atoms with Gasteiger partial charge in [-0.25, -0.2) is 0 Å². The Morgan fingerprint density at radius 2 is 2.38 bits per heavy atom. The fraction of sp³-hybridized carbons (Fsp3) is 0.667. The molecule has 0 radical (unpaired) electrons. The van der Waals surface area contributed by atoms with Crippen LogP contribution in [0.4, 0.5) is 0 Å². The summed E-state index contributed by atoms with van der Waals surface area (Å²) in [5, 5.41) is 3.49. The van der Waals surface area contributed by atoms with Crippen LogP contribution >= 0.6 is 27.3 Å². The molecular formula is C12H19BrN2S. The van der Waals surface area contributed by atoms with Gasteiger partial charge in [0, 0.05) is 37.1 Å². The van der Waals surface area contributed by atoms with Crippen LogP contribution in [0.2, 0.25) is 0 Å². The average molecular weight is 303 g/mol. The van der Waals surface area contributed by atoms with Crippen LogP contribution < -0.4 is 5.32 Å². The highest BCUT2D eigenvalue weighted by molar-refractivity contribution is 9.11. The SMILES string of the molecule is CC(C)C1CNCCN1Cc1ccc(Br)s1. The highest BCUT2D eigenvalue weighted by Gasteiger charge is 2.24. The molecule has 4 heteroatoms. The highest BCUT2D eigenvalue weighted by Crippen LogP contribution is 2.25. The summed E-state index contributed by atoms with van der Waals surface area (Å²) in [7, 11) is 0. The Balaban J connectivity index is 2.01. The van der Waals surface area contributed by atoms with Gasteiger partial charge in [0.2, 0.25) is 0 Å². The molecule has 1 N–H and O–H groups in total. The molecular weight excluding hydrogens is 284 g/mol. The van der Waals surface area contributed by atoms with E-state index in [2.05, 4.69) is 52.1 Å². The van der Waals surface area contributed by atoms with Crippen molar-refractivity contribution < 1.29 is 0 Å². The number of nitrogens with zero attached hydrogens (tertiary/aromatic N) is 1. The number of piperazine rings is 1. The predicted molar refractivity (Wildman–Crippen MR) is 73.9 cm³/mol. The van der Waals surface area contributed by atoms with Gasteiger partial charge < -0.3 is 5.32 Å². The zero-order chi connectivity index (χ0) is 11.5. The maximum atomic E-state index is 3.53. The maximum Gasteiger partial charge on any atom is 0.0701 e. The minimum Gasteiger partial charge on any atom is -0.314 e. The third-order valence-corrected chi connectivity index (χ3v) is 4.76. The van der Waals surface area contributed by atoms with Crippen molar-refractivity contribution in [2.75, 3.05) is 19.6 Å². The summed E-state index contributed by atoms with van der Waals surface area (Å²) in [4.78, 5) is 4.07. The van der Waals surface area contributed by atoms with Crippen molar-refractivity contribution in [1.82, 2.24) is 10.2 Å². The van der Waals surface area contributed by atoms with Crippen molar-refractivity contribution in [3.05, 3.63) is 20.8 Å². The van der Waals surface area contributed by atoms with E-state index in [0.717, 1.165) is 25.6 Å².